The normalized spacial score (nSPS) is 12.7. The van der Waals surface area contributed by atoms with Crippen molar-refractivity contribution in [3.05, 3.63) is 94.9 Å². The fourth-order valence-corrected chi connectivity index (χ4v) is 4.32. The van der Waals surface area contributed by atoms with E-state index in [0.29, 0.717) is 37.1 Å². The van der Waals surface area contributed by atoms with Gasteiger partial charge in [-0.05, 0) is 28.7 Å². The number of aromatic nitrogens is 3. The van der Waals surface area contributed by atoms with Gasteiger partial charge in [0.05, 0.1) is 30.7 Å². The topological polar surface area (TPSA) is 104 Å². The van der Waals surface area contributed by atoms with Gasteiger partial charge in [0.25, 0.3) is 5.91 Å². The zero-order valence-corrected chi connectivity index (χ0v) is 19.6. The zero-order chi connectivity index (χ0) is 24.5. The number of phenols is 2. The van der Waals surface area contributed by atoms with Crippen LogP contribution in [-0.4, -0.2) is 35.8 Å². The van der Waals surface area contributed by atoms with Gasteiger partial charge in [-0.2, -0.15) is 5.10 Å². The summed E-state index contributed by atoms with van der Waals surface area (Å²) in [6, 6.07) is 16.6. The Balaban J connectivity index is 1.41. The summed E-state index contributed by atoms with van der Waals surface area (Å²) in [6.45, 7) is 5.61. The van der Waals surface area contributed by atoms with Crippen LogP contribution in [0.2, 0.25) is 0 Å². The Kier molecular flexibility index (Phi) is 5.86. The first-order chi connectivity index (χ1) is 16.9. The van der Waals surface area contributed by atoms with Gasteiger partial charge in [0.2, 0.25) is 0 Å². The third kappa shape index (κ3) is 4.55. The van der Waals surface area contributed by atoms with Gasteiger partial charge in [-0.3, -0.25) is 9.78 Å². The number of nitrogens with one attached hydrogen (secondary N) is 1. The van der Waals surface area contributed by atoms with Crippen LogP contribution in [0.5, 0.6) is 11.5 Å². The van der Waals surface area contributed by atoms with Crippen molar-refractivity contribution in [3.8, 4) is 11.5 Å². The molecule has 3 heterocycles. The van der Waals surface area contributed by atoms with Crippen LogP contribution in [0, 0.1) is 0 Å². The van der Waals surface area contributed by atoms with E-state index in [1.807, 2.05) is 12.1 Å². The van der Waals surface area contributed by atoms with Crippen molar-refractivity contribution >= 4 is 17.4 Å². The van der Waals surface area contributed by atoms with E-state index in [1.54, 1.807) is 28.0 Å². The average molecular weight is 470 g/mol. The molecule has 1 aliphatic heterocycles. The molecule has 1 amide bonds. The summed E-state index contributed by atoms with van der Waals surface area (Å²) in [7, 11) is 0. The fraction of sp³-hybridized carbons (Fsp3) is 0.222. The minimum Gasteiger partial charge on any atom is -0.508 e. The second kappa shape index (κ2) is 9.13. The van der Waals surface area contributed by atoms with Gasteiger partial charge in [0.15, 0.2) is 0 Å². The third-order valence-electron chi connectivity index (χ3n) is 6.25. The molecule has 0 aliphatic carbocycles. The lowest BCUT2D eigenvalue weighted by molar-refractivity contribution is 0.0748. The van der Waals surface area contributed by atoms with E-state index in [1.165, 1.54) is 17.7 Å². The van der Waals surface area contributed by atoms with E-state index in [2.05, 4.69) is 53.5 Å². The molecule has 0 saturated heterocycles. The maximum absolute atomic E-state index is 13.5. The molecule has 8 heteroatoms. The van der Waals surface area contributed by atoms with E-state index >= 15 is 0 Å². The van der Waals surface area contributed by atoms with Crippen molar-refractivity contribution in [2.24, 2.45) is 0 Å². The molecule has 0 fully saturated rings. The van der Waals surface area contributed by atoms with Crippen LogP contribution in [0.15, 0.2) is 67.0 Å². The third-order valence-corrected chi connectivity index (χ3v) is 6.25. The fourth-order valence-electron chi connectivity index (χ4n) is 4.32. The van der Waals surface area contributed by atoms with Gasteiger partial charge in [-0.25, -0.2) is 4.68 Å². The summed E-state index contributed by atoms with van der Waals surface area (Å²) in [5, 5.41) is 28.4. The highest BCUT2D eigenvalue weighted by Crippen LogP contribution is 2.35. The second-order valence-electron chi connectivity index (χ2n) is 9.05. The Labute approximate surface area is 203 Å². The van der Waals surface area contributed by atoms with Crippen LogP contribution in [0.25, 0.3) is 0 Å². The quantitative estimate of drug-likeness (QED) is 0.376. The van der Waals surface area contributed by atoms with E-state index in [4.69, 9.17) is 0 Å². The predicted molar refractivity (Wildman–Crippen MR) is 133 cm³/mol. The number of phenolic OH excluding ortho intramolecular Hbond substituents is 2. The maximum atomic E-state index is 13.5. The van der Waals surface area contributed by atoms with Crippen molar-refractivity contribution < 1.29 is 15.0 Å². The molecule has 8 nitrogen and oxygen atoms in total. The lowest BCUT2D eigenvalue weighted by Gasteiger charge is -2.20. The monoisotopic (exact) mass is 469 g/mol. The Morgan fingerprint density at radius 1 is 1.06 bits per heavy atom. The van der Waals surface area contributed by atoms with E-state index in [9.17, 15) is 15.0 Å². The number of aromatic hydroxyl groups is 2. The summed E-state index contributed by atoms with van der Waals surface area (Å²) in [5.74, 6) is 0.293. The van der Waals surface area contributed by atoms with Crippen molar-refractivity contribution in [1.29, 1.82) is 0 Å². The van der Waals surface area contributed by atoms with Crippen molar-refractivity contribution in [1.82, 2.24) is 19.7 Å². The zero-order valence-electron chi connectivity index (χ0n) is 19.6. The van der Waals surface area contributed by atoms with Gasteiger partial charge in [0, 0.05) is 30.9 Å². The van der Waals surface area contributed by atoms with Gasteiger partial charge >= 0.3 is 0 Å². The molecule has 0 radical (unpaired) electrons. The molecule has 0 saturated carbocycles. The van der Waals surface area contributed by atoms with Crippen LogP contribution in [0.4, 0.5) is 11.5 Å². The number of pyridine rings is 1. The molecular formula is C27H27N5O3. The minimum atomic E-state index is -0.349. The van der Waals surface area contributed by atoms with Crippen LogP contribution >= 0.6 is 0 Å². The molecule has 3 N–H and O–H groups in total. The number of hydrogen-bond acceptors (Lipinski definition) is 6. The first kappa shape index (κ1) is 22.5. The molecule has 0 unspecified atom stereocenters. The second-order valence-corrected chi connectivity index (χ2v) is 9.05. The number of benzene rings is 2. The van der Waals surface area contributed by atoms with Gasteiger partial charge in [-0.15, -0.1) is 0 Å². The van der Waals surface area contributed by atoms with Crippen LogP contribution < -0.4 is 5.32 Å². The lowest BCUT2D eigenvalue weighted by atomic mass is 10.0. The van der Waals surface area contributed by atoms with E-state index in [-0.39, 0.29) is 23.0 Å². The number of anilines is 2. The van der Waals surface area contributed by atoms with Crippen LogP contribution in [0.1, 0.15) is 52.5 Å². The minimum absolute atomic E-state index is 0.0876. The first-order valence-corrected chi connectivity index (χ1v) is 11.5. The highest BCUT2D eigenvalue weighted by atomic mass is 16.3. The number of amides is 1. The summed E-state index contributed by atoms with van der Waals surface area (Å²) >= 11 is 0. The van der Waals surface area contributed by atoms with Crippen LogP contribution in [0.3, 0.4) is 0 Å². The molecule has 2 aromatic carbocycles. The summed E-state index contributed by atoms with van der Waals surface area (Å²) in [5.41, 5.74) is 4.56. The molecular weight excluding hydrogens is 442 g/mol. The predicted octanol–water partition coefficient (Wildman–Crippen LogP) is 4.76. The Bertz CT molecular complexity index is 1350. The molecule has 0 atom stereocenters. The van der Waals surface area contributed by atoms with Gasteiger partial charge in [0.1, 0.15) is 22.9 Å². The highest BCUT2D eigenvalue weighted by molar-refractivity contribution is 6.03. The average Bonchev–Trinajstić information content (AvgIpc) is 3.45. The number of carbonyl (C=O) groups is 1. The van der Waals surface area contributed by atoms with Crippen molar-refractivity contribution in [2.75, 3.05) is 5.32 Å². The van der Waals surface area contributed by atoms with Crippen LogP contribution in [-0.2, 0) is 19.6 Å². The molecule has 178 valence electrons. The Morgan fingerprint density at radius 2 is 1.86 bits per heavy atom. The number of rotatable bonds is 6. The van der Waals surface area contributed by atoms with E-state index < -0.39 is 0 Å². The standard InChI is InChI=1S/C27H27N5O3/c1-17(2)19-7-5-18(6-8-19)14-32-25(9-11-29-32)30-22-12-21(33)13-24(34)26(22)27(35)31-15-20-4-3-10-28-23(20)16-31/h3-13,17,30,33-34H,14-16H2,1-2H3. The summed E-state index contributed by atoms with van der Waals surface area (Å²) in [6.07, 6.45) is 3.37. The molecule has 1 aliphatic rings. The molecule has 4 aromatic rings. The molecule has 35 heavy (non-hydrogen) atoms. The van der Waals surface area contributed by atoms with Gasteiger partial charge in [-0.1, -0.05) is 44.2 Å². The molecule has 0 bridgehead atoms. The molecule has 2 aromatic heterocycles. The molecule has 5 rings (SSSR count). The Hall–Kier alpha value is -4.33. The van der Waals surface area contributed by atoms with Crippen molar-refractivity contribution in [3.63, 3.8) is 0 Å². The van der Waals surface area contributed by atoms with Crippen molar-refractivity contribution in [2.45, 2.75) is 39.4 Å². The first-order valence-electron chi connectivity index (χ1n) is 11.5. The van der Waals surface area contributed by atoms with Gasteiger partial charge < -0.3 is 20.4 Å². The lowest BCUT2D eigenvalue weighted by Crippen LogP contribution is -2.26. The SMILES string of the molecule is CC(C)c1ccc(Cn2nccc2Nc2cc(O)cc(O)c2C(=O)N2Cc3cccnc3C2)cc1. The smallest absolute Gasteiger partial charge is 0.260 e. The molecule has 0 spiro atoms. The maximum Gasteiger partial charge on any atom is 0.260 e. The number of carbonyl (C=O) groups excluding carboxylic acids is 1. The number of nitrogens with zero attached hydrogens (tertiary/aromatic N) is 4. The largest absolute Gasteiger partial charge is 0.508 e. The Morgan fingerprint density at radius 3 is 2.60 bits per heavy atom. The van der Waals surface area contributed by atoms with E-state index in [0.717, 1.165) is 16.8 Å². The summed E-state index contributed by atoms with van der Waals surface area (Å²) in [4.78, 5) is 19.4. The summed E-state index contributed by atoms with van der Waals surface area (Å²) < 4.78 is 1.77. The number of fused-ring (bicyclic) bond motifs is 1. The highest BCUT2D eigenvalue weighted by Gasteiger charge is 2.29. The number of hydrogen-bond donors (Lipinski definition) is 3.